The van der Waals surface area contributed by atoms with Crippen LogP contribution < -0.4 is 5.32 Å². The molecule has 0 saturated carbocycles. The first-order chi connectivity index (χ1) is 7.49. The first-order valence-electron chi connectivity index (χ1n) is 5.91. The molecule has 1 aromatic heterocycles. The molecule has 0 aliphatic carbocycles. The first kappa shape index (κ1) is 13.0. The number of likely N-dealkylation sites (N-methyl/N-ethyl adjacent to an activating group) is 1. The average molecular weight is 222 g/mol. The second-order valence-corrected chi connectivity index (χ2v) is 4.45. The first-order valence-corrected chi connectivity index (χ1v) is 5.91. The van der Waals surface area contributed by atoms with Crippen LogP contribution in [-0.2, 0) is 0 Å². The van der Waals surface area contributed by atoms with Crippen molar-refractivity contribution in [1.29, 1.82) is 0 Å². The predicted molar refractivity (Wildman–Crippen MR) is 67.2 cm³/mol. The smallest absolute Gasteiger partial charge is 0.178 e. The second kappa shape index (κ2) is 5.30. The van der Waals surface area contributed by atoms with Crippen molar-refractivity contribution in [3.8, 4) is 0 Å². The van der Waals surface area contributed by atoms with E-state index in [0.29, 0.717) is 12.6 Å². The molecule has 0 spiro atoms. The third-order valence-electron chi connectivity index (χ3n) is 2.84. The van der Waals surface area contributed by atoms with Crippen LogP contribution in [0.2, 0.25) is 0 Å². The maximum atomic E-state index is 11.9. The molecule has 0 aliphatic rings. The highest BCUT2D eigenvalue weighted by atomic mass is 16.1. The predicted octanol–water partition coefficient (Wildman–Crippen LogP) is 2.48. The number of rotatable bonds is 5. The van der Waals surface area contributed by atoms with E-state index in [1.807, 2.05) is 19.9 Å². The number of aromatic nitrogens is 1. The van der Waals surface area contributed by atoms with Gasteiger partial charge in [0.1, 0.15) is 0 Å². The number of carbonyl (C=O) groups excluding carboxylic acids is 1. The van der Waals surface area contributed by atoms with Crippen LogP contribution in [-0.4, -0.2) is 23.4 Å². The summed E-state index contributed by atoms with van der Waals surface area (Å²) in [7, 11) is 0. The summed E-state index contributed by atoms with van der Waals surface area (Å²) < 4.78 is 2.21. The number of hydrogen-bond acceptors (Lipinski definition) is 2. The standard InChI is InChI=1S/C13H22N2O/c1-6-14-8-13(16)12-7-10(4)15(9(2)3)11(12)5/h7,9,14H,6,8H2,1-5H3. The van der Waals surface area contributed by atoms with Gasteiger partial charge in [0.05, 0.1) is 6.54 Å². The van der Waals surface area contributed by atoms with E-state index in [0.717, 1.165) is 23.5 Å². The normalized spacial score (nSPS) is 11.1. The molecule has 1 aromatic rings. The lowest BCUT2D eigenvalue weighted by atomic mass is 10.1. The van der Waals surface area contributed by atoms with E-state index < -0.39 is 0 Å². The van der Waals surface area contributed by atoms with E-state index in [2.05, 4.69) is 30.7 Å². The molecule has 0 aromatic carbocycles. The molecule has 1 N–H and O–H groups in total. The molecule has 0 aliphatic heterocycles. The van der Waals surface area contributed by atoms with Crippen molar-refractivity contribution in [2.45, 2.75) is 40.7 Å². The van der Waals surface area contributed by atoms with Gasteiger partial charge in [0.15, 0.2) is 5.78 Å². The molecular formula is C13H22N2O. The number of ketones is 1. The maximum Gasteiger partial charge on any atom is 0.178 e. The molecule has 3 heteroatoms. The SMILES string of the molecule is CCNCC(=O)c1cc(C)n(C(C)C)c1C. The summed E-state index contributed by atoms with van der Waals surface area (Å²) in [6.07, 6.45) is 0. The lowest BCUT2D eigenvalue weighted by molar-refractivity contribution is 0.0991. The van der Waals surface area contributed by atoms with Crippen LogP contribution in [0, 0.1) is 13.8 Å². The fourth-order valence-corrected chi connectivity index (χ4v) is 2.19. The molecule has 0 saturated heterocycles. The van der Waals surface area contributed by atoms with Crippen molar-refractivity contribution in [2.24, 2.45) is 0 Å². The Morgan fingerprint density at radius 1 is 1.44 bits per heavy atom. The Morgan fingerprint density at radius 3 is 2.50 bits per heavy atom. The topological polar surface area (TPSA) is 34.0 Å². The number of nitrogens with one attached hydrogen (secondary N) is 1. The van der Waals surface area contributed by atoms with Crippen LogP contribution in [0.15, 0.2) is 6.07 Å². The Hall–Kier alpha value is -1.09. The lowest BCUT2D eigenvalue weighted by Gasteiger charge is -2.13. The van der Waals surface area contributed by atoms with E-state index in [1.54, 1.807) is 0 Å². The zero-order valence-electron chi connectivity index (χ0n) is 10.9. The molecule has 90 valence electrons. The number of carbonyl (C=O) groups is 1. The summed E-state index contributed by atoms with van der Waals surface area (Å²) in [6, 6.07) is 2.40. The van der Waals surface area contributed by atoms with Gasteiger partial charge in [-0.25, -0.2) is 0 Å². The largest absolute Gasteiger partial charge is 0.346 e. The summed E-state index contributed by atoms with van der Waals surface area (Å²) >= 11 is 0. The van der Waals surface area contributed by atoms with Gasteiger partial charge in [-0.15, -0.1) is 0 Å². The zero-order valence-corrected chi connectivity index (χ0v) is 10.9. The molecule has 0 bridgehead atoms. The van der Waals surface area contributed by atoms with Crippen molar-refractivity contribution in [2.75, 3.05) is 13.1 Å². The summed E-state index contributed by atoms with van der Waals surface area (Å²) in [5.74, 6) is 0.182. The highest BCUT2D eigenvalue weighted by Gasteiger charge is 2.16. The minimum atomic E-state index is 0.182. The Morgan fingerprint density at radius 2 is 2.06 bits per heavy atom. The van der Waals surface area contributed by atoms with Gasteiger partial charge in [-0.3, -0.25) is 4.79 Å². The molecular weight excluding hydrogens is 200 g/mol. The Kier molecular flexibility index (Phi) is 4.30. The fourth-order valence-electron chi connectivity index (χ4n) is 2.19. The zero-order chi connectivity index (χ0) is 12.3. The van der Waals surface area contributed by atoms with Gasteiger partial charge in [0.2, 0.25) is 0 Å². The lowest BCUT2D eigenvalue weighted by Crippen LogP contribution is -2.23. The van der Waals surface area contributed by atoms with Crippen LogP contribution in [0.4, 0.5) is 0 Å². The summed E-state index contributed by atoms with van der Waals surface area (Å²) in [5, 5.41) is 3.07. The summed E-state index contributed by atoms with van der Waals surface area (Å²) in [4.78, 5) is 11.9. The molecule has 1 heterocycles. The second-order valence-electron chi connectivity index (χ2n) is 4.45. The van der Waals surface area contributed by atoms with E-state index in [-0.39, 0.29) is 5.78 Å². The van der Waals surface area contributed by atoms with E-state index in [1.165, 1.54) is 0 Å². The van der Waals surface area contributed by atoms with Crippen LogP contribution in [0.3, 0.4) is 0 Å². The van der Waals surface area contributed by atoms with Gasteiger partial charge in [-0.05, 0) is 40.3 Å². The molecule has 0 atom stereocenters. The molecule has 3 nitrogen and oxygen atoms in total. The van der Waals surface area contributed by atoms with Crippen molar-refractivity contribution in [3.05, 3.63) is 23.0 Å². The van der Waals surface area contributed by atoms with Gasteiger partial charge in [-0.2, -0.15) is 0 Å². The number of aryl methyl sites for hydroxylation is 1. The number of Topliss-reactive ketones (excluding diaryl/α,β-unsaturated/α-hetero) is 1. The van der Waals surface area contributed by atoms with Crippen molar-refractivity contribution in [3.63, 3.8) is 0 Å². The van der Waals surface area contributed by atoms with E-state index in [9.17, 15) is 4.79 Å². The maximum absolute atomic E-state index is 11.9. The molecule has 0 unspecified atom stereocenters. The third-order valence-corrected chi connectivity index (χ3v) is 2.84. The van der Waals surface area contributed by atoms with Crippen LogP contribution in [0.5, 0.6) is 0 Å². The molecule has 0 radical (unpaired) electrons. The van der Waals surface area contributed by atoms with Crippen molar-refractivity contribution >= 4 is 5.78 Å². The highest BCUT2D eigenvalue weighted by Crippen LogP contribution is 2.20. The van der Waals surface area contributed by atoms with Crippen molar-refractivity contribution in [1.82, 2.24) is 9.88 Å². The van der Waals surface area contributed by atoms with Gasteiger partial charge in [0.25, 0.3) is 0 Å². The van der Waals surface area contributed by atoms with Crippen LogP contribution in [0.1, 0.15) is 48.6 Å². The van der Waals surface area contributed by atoms with E-state index in [4.69, 9.17) is 0 Å². The van der Waals surface area contributed by atoms with Gasteiger partial charge >= 0.3 is 0 Å². The number of nitrogens with zero attached hydrogens (tertiary/aromatic N) is 1. The average Bonchev–Trinajstić information content (AvgIpc) is 2.50. The van der Waals surface area contributed by atoms with E-state index >= 15 is 0 Å². The third kappa shape index (κ3) is 2.53. The van der Waals surface area contributed by atoms with Gasteiger partial charge in [-0.1, -0.05) is 6.92 Å². The van der Waals surface area contributed by atoms with Gasteiger partial charge in [0, 0.05) is 23.0 Å². The van der Waals surface area contributed by atoms with Crippen LogP contribution >= 0.6 is 0 Å². The fraction of sp³-hybridized carbons (Fsp3) is 0.615. The summed E-state index contributed by atoms with van der Waals surface area (Å²) in [6.45, 7) is 11.6. The Balaban J connectivity index is 2.98. The summed E-state index contributed by atoms with van der Waals surface area (Å²) in [5.41, 5.74) is 3.09. The number of hydrogen-bond donors (Lipinski definition) is 1. The molecule has 0 amide bonds. The monoisotopic (exact) mass is 222 g/mol. The molecule has 1 rings (SSSR count). The highest BCUT2D eigenvalue weighted by molar-refractivity contribution is 5.99. The minimum Gasteiger partial charge on any atom is -0.346 e. The quantitative estimate of drug-likeness (QED) is 0.777. The van der Waals surface area contributed by atoms with Gasteiger partial charge < -0.3 is 9.88 Å². The Labute approximate surface area is 97.8 Å². The minimum absolute atomic E-state index is 0.182. The van der Waals surface area contributed by atoms with Crippen LogP contribution in [0.25, 0.3) is 0 Å². The molecule has 0 fully saturated rings. The molecule has 16 heavy (non-hydrogen) atoms. The Bertz CT molecular complexity index is 378. The van der Waals surface area contributed by atoms with Crippen molar-refractivity contribution < 1.29 is 4.79 Å².